The maximum absolute atomic E-state index is 13.1. The molecule has 182 valence electrons. The summed E-state index contributed by atoms with van der Waals surface area (Å²) in [7, 11) is -3.26. The number of benzene rings is 1. The Balaban J connectivity index is 1.25. The molecular weight excluding hydrogens is 454 g/mol. The number of carbonyl (C=O) groups is 1. The van der Waals surface area contributed by atoms with E-state index in [4.69, 9.17) is 9.72 Å². The van der Waals surface area contributed by atoms with Gasteiger partial charge in [-0.15, -0.1) is 0 Å². The van der Waals surface area contributed by atoms with Crippen molar-refractivity contribution >= 4 is 21.8 Å². The first kappa shape index (κ1) is 23.0. The van der Waals surface area contributed by atoms with E-state index in [0.29, 0.717) is 23.4 Å². The van der Waals surface area contributed by atoms with Crippen LogP contribution in [0.25, 0.3) is 0 Å². The van der Waals surface area contributed by atoms with Crippen LogP contribution in [0, 0.1) is 0 Å². The van der Waals surface area contributed by atoms with E-state index in [9.17, 15) is 13.2 Å². The van der Waals surface area contributed by atoms with Crippen LogP contribution in [0.15, 0.2) is 35.4 Å². The van der Waals surface area contributed by atoms with Gasteiger partial charge in [-0.3, -0.25) is 0 Å². The van der Waals surface area contributed by atoms with Crippen LogP contribution in [0.1, 0.15) is 56.4 Å². The predicted molar refractivity (Wildman–Crippen MR) is 127 cm³/mol. The summed E-state index contributed by atoms with van der Waals surface area (Å²) in [4.78, 5) is 24.4. The number of carbonyl (C=O) groups excluding carboxylic acids is 1. The van der Waals surface area contributed by atoms with Gasteiger partial charge < -0.3 is 20.3 Å². The van der Waals surface area contributed by atoms with E-state index in [0.717, 1.165) is 55.7 Å². The summed E-state index contributed by atoms with van der Waals surface area (Å²) in [5.41, 5.74) is 1.96. The summed E-state index contributed by atoms with van der Waals surface area (Å²) >= 11 is 0. The molecule has 1 aliphatic carbocycles. The Hall–Kier alpha value is -2.72. The SMILES string of the molecule is CC1(C)c2cnc(NC3CCOCC3)nc2CN1C(=O)NCc1cccc(S(=O)(=O)C2CC2)c1. The molecule has 5 rings (SSSR count). The van der Waals surface area contributed by atoms with Crippen molar-refractivity contribution < 1.29 is 17.9 Å². The number of ether oxygens (including phenoxy) is 1. The van der Waals surface area contributed by atoms with E-state index in [1.54, 1.807) is 23.1 Å². The van der Waals surface area contributed by atoms with Gasteiger partial charge in [-0.05, 0) is 57.2 Å². The number of aromatic nitrogens is 2. The molecule has 2 aliphatic heterocycles. The largest absolute Gasteiger partial charge is 0.381 e. The van der Waals surface area contributed by atoms with Crippen LogP contribution in [0.4, 0.5) is 10.7 Å². The van der Waals surface area contributed by atoms with Crippen LogP contribution >= 0.6 is 0 Å². The summed E-state index contributed by atoms with van der Waals surface area (Å²) in [5, 5.41) is 6.08. The van der Waals surface area contributed by atoms with Crippen LogP contribution in [0.5, 0.6) is 0 Å². The summed E-state index contributed by atoms with van der Waals surface area (Å²) < 4.78 is 30.5. The van der Waals surface area contributed by atoms with Crippen molar-refractivity contribution in [1.82, 2.24) is 20.2 Å². The average molecular weight is 486 g/mol. The highest BCUT2D eigenvalue weighted by Gasteiger charge is 2.42. The number of urea groups is 1. The average Bonchev–Trinajstić information content (AvgIpc) is 3.65. The first-order valence-electron chi connectivity index (χ1n) is 11.8. The van der Waals surface area contributed by atoms with Crippen molar-refractivity contribution in [3.63, 3.8) is 0 Å². The topological polar surface area (TPSA) is 114 Å². The molecule has 9 nitrogen and oxygen atoms in total. The van der Waals surface area contributed by atoms with E-state index in [-0.39, 0.29) is 17.8 Å². The van der Waals surface area contributed by atoms with Crippen molar-refractivity contribution in [2.24, 2.45) is 0 Å². The van der Waals surface area contributed by atoms with E-state index in [1.165, 1.54) is 0 Å². The number of amides is 2. The summed E-state index contributed by atoms with van der Waals surface area (Å²) in [6, 6.07) is 6.92. The summed E-state index contributed by atoms with van der Waals surface area (Å²) in [6.07, 6.45) is 5.10. The molecule has 1 aromatic heterocycles. The Morgan fingerprint density at radius 2 is 1.97 bits per heavy atom. The zero-order valence-electron chi connectivity index (χ0n) is 19.6. The molecule has 2 fully saturated rings. The second kappa shape index (κ2) is 8.81. The molecule has 3 heterocycles. The van der Waals surface area contributed by atoms with Crippen molar-refractivity contribution in [1.29, 1.82) is 0 Å². The van der Waals surface area contributed by atoms with Crippen LogP contribution in [-0.4, -0.2) is 53.8 Å². The Labute approximate surface area is 200 Å². The van der Waals surface area contributed by atoms with Crippen LogP contribution < -0.4 is 10.6 Å². The van der Waals surface area contributed by atoms with E-state index >= 15 is 0 Å². The van der Waals surface area contributed by atoms with Gasteiger partial charge in [0.15, 0.2) is 9.84 Å². The summed E-state index contributed by atoms with van der Waals surface area (Å²) in [5.74, 6) is 0.581. The van der Waals surface area contributed by atoms with Gasteiger partial charge in [0.25, 0.3) is 0 Å². The Kier molecular flexibility index (Phi) is 5.97. The van der Waals surface area contributed by atoms with Gasteiger partial charge in [0.2, 0.25) is 5.95 Å². The molecule has 3 aliphatic rings. The lowest BCUT2D eigenvalue weighted by atomic mass is 9.97. The second-order valence-electron chi connectivity index (χ2n) is 9.78. The first-order valence-corrected chi connectivity index (χ1v) is 13.4. The van der Waals surface area contributed by atoms with E-state index in [1.807, 2.05) is 26.1 Å². The quantitative estimate of drug-likeness (QED) is 0.647. The highest BCUT2D eigenvalue weighted by atomic mass is 32.2. The fourth-order valence-electron chi connectivity index (χ4n) is 4.64. The number of nitrogens with one attached hydrogen (secondary N) is 2. The number of nitrogens with zero attached hydrogens (tertiary/aromatic N) is 3. The van der Waals surface area contributed by atoms with Gasteiger partial charge in [-0.2, -0.15) is 0 Å². The third-order valence-electron chi connectivity index (χ3n) is 6.94. The van der Waals surface area contributed by atoms with Crippen molar-refractivity contribution in [2.75, 3.05) is 18.5 Å². The predicted octanol–water partition coefficient (Wildman–Crippen LogP) is 2.96. The van der Waals surface area contributed by atoms with Crippen LogP contribution in [0.2, 0.25) is 0 Å². The standard InChI is InChI=1S/C24H31N5O4S/c1-24(2)20-14-25-22(27-17-8-10-33-11-9-17)28-21(20)15-29(24)23(30)26-13-16-4-3-5-19(12-16)34(31,32)18-6-7-18/h3-5,12,14,17-18H,6-11,13,15H2,1-2H3,(H,26,30)(H,25,27,28). The molecule has 0 radical (unpaired) electrons. The number of sulfone groups is 1. The smallest absolute Gasteiger partial charge is 0.318 e. The van der Waals surface area contributed by atoms with Gasteiger partial charge >= 0.3 is 6.03 Å². The van der Waals surface area contributed by atoms with Crippen LogP contribution in [0.3, 0.4) is 0 Å². The molecule has 2 amide bonds. The molecule has 2 aromatic rings. The van der Waals surface area contributed by atoms with Gasteiger partial charge in [0.1, 0.15) is 0 Å². The fraction of sp³-hybridized carbons (Fsp3) is 0.542. The molecule has 34 heavy (non-hydrogen) atoms. The summed E-state index contributed by atoms with van der Waals surface area (Å²) in [6.45, 7) is 6.07. The second-order valence-corrected chi connectivity index (χ2v) is 12.0. The first-order chi connectivity index (χ1) is 16.2. The number of fused-ring (bicyclic) bond motifs is 1. The minimum absolute atomic E-state index is 0.225. The van der Waals surface area contributed by atoms with Gasteiger partial charge in [0, 0.05) is 37.6 Å². The van der Waals surface area contributed by atoms with Crippen molar-refractivity contribution in [3.05, 3.63) is 47.3 Å². The molecular formula is C24H31N5O4S. The molecule has 1 saturated carbocycles. The molecule has 0 spiro atoms. The zero-order chi connectivity index (χ0) is 23.9. The number of hydrogen-bond acceptors (Lipinski definition) is 7. The molecule has 1 aromatic carbocycles. The number of anilines is 1. The molecule has 1 saturated heterocycles. The highest BCUT2D eigenvalue weighted by molar-refractivity contribution is 7.92. The van der Waals surface area contributed by atoms with Crippen molar-refractivity contribution in [3.8, 4) is 0 Å². The Morgan fingerprint density at radius 1 is 1.21 bits per heavy atom. The molecule has 2 N–H and O–H groups in total. The minimum Gasteiger partial charge on any atom is -0.381 e. The lowest BCUT2D eigenvalue weighted by molar-refractivity contribution is 0.0903. The third kappa shape index (κ3) is 4.48. The maximum Gasteiger partial charge on any atom is 0.318 e. The highest BCUT2D eigenvalue weighted by Crippen LogP contribution is 2.38. The normalized spacial score (nSPS) is 20.1. The Bertz CT molecular complexity index is 1190. The number of hydrogen-bond donors (Lipinski definition) is 2. The van der Waals surface area contributed by atoms with E-state index < -0.39 is 15.4 Å². The number of rotatable bonds is 6. The van der Waals surface area contributed by atoms with Gasteiger partial charge in [-0.1, -0.05) is 12.1 Å². The monoisotopic (exact) mass is 485 g/mol. The lowest BCUT2D eigenvalue weighted by Gasteiger charge is -2.32. The van der Waals surface area contributed by atoms with Gasteiger partial charge in [-0.25, -0.2) is 23.2 Å². The van der Waals surface area contributed by atoms with Gasteiger partial charge in [0.05, 0.1) is 27.9 Å². The lowest BCUT2D eigenvalue weighted by Crippen LogP contribution is -2.45. The minimum atomic E-state index is -3.26. The zero-order valence-corrected chi connectivity index (χ0v) is 20.4. The fourth-order valence-corrected chi connectivity index (χ4v) is 6.36. The molecule has 0 bridgehead atoms. The molecule has 0 unspecified atom stereocenters. The van der Waals surface area contributed by atoms with Crippen LogP contribution in [-0.2, 0) is 33.2 Å². The van der Waals surface area contributed by atoms with E-state index in [2.05, 4.69) is 15.6 Å². The van der Waals surface area contributed by atoms with Crippen molar-refractivity contribution in [2.45, 2.75) is 74.3 Å². The third-order valence-corrected chi connectivity index (χ3v) is 9.20. The molecule has 10 heteroatoms. The maximum atomic E-state index is 13.1. The molecule has 0 atom stereocenters. The Morgan fingerprint density at radius 3 is 2.71 bits per heavy atom.